The number of hydrogen-bond donors (Lipinski definition) is 3. The molecule has 0 fully saturated rings. The minimum atomic E-state index is -3.72. The summed E-state index contributed by atoms with van der Waals surface area (Å²) >= 11 is 0. The maximum atomic E-state index is 12.3. The second-order valence-electron chi connectivity index (χ2n) is 4.09. The van der Waals surface area contributed by atoms with Crippen LogP contribution in [0.4, 0.5) is 0 Å². The molecule has 1 aromatic carbocycles. The van der Waals surface area contributed by atoms with Gasteiger partial charge in [0.2, 0.25) is 10.0 Å². The molecule has 2 aromatic rings. The number of aliphatic hydroxyl groups is 1. The zero-order valence-electron chi connectivity index (χ0n) is 11.2. The summed E-state index contributed by atoms with van der Waals surface area (Å²) in [6.07, 6.45) is 0. The first kappa shape index (κ1) is 15.1. The third kappa shape index (κ3) is 3.85. The Morgan fingerprint density at radius 3 is 2.90 bits per heavy atom. The average molecular weight is 307 g/mol. The normalized spacial score (nSPS) is 11.0. The second kappa shape index (κ2) is 6.45. The molecule has 0 aliphatic carbocycles. The van der Waals surface area contributed by atoms with E-state index >= 15 is 0 Å². The molecular weight excluding hydrogens is 294 g/mol. The molecule has 110 valence electrons. The van der Waals surface area contributed by atoms with Gasteiger partial charge in [-0.1, -0.05) is 23.1 Å². The number of nitrogens with one attached hydrogen (secondary N) is 2. The van der Waals surface area contributed by atoms with Gasteiger partial charge in [0.1, 0.15) is 6.61 Å². The maximum absolute atomic E-state index is 12.3. The van der Waals surface area contributed by atoms with Crippen LogP contribution in [0.2, 0.25) is 0 Å². The van der Waals surface area contributed by atoms with Gasteiger partial charge in [-0.05, 0) is 24.6 Å². The van der Waals surface area contributed by atoms with Crippen molar-refractivity contribution in [2.75, 3.05) is 6.61 Å². The molecule has 3 N–H and O–H groups in total. The Labute approximate surface area is 121 Å². The first-order chi connectivity index (χ1) is 10.0. The van der Waals surface area contributed by atoms with Crippen LogP contribution in [-0.4, -0.2) is 40.8 Å². The fraction of sp³-hybridized carbons (Fsp3) is 0.250. The summed E-state index contributed by atoms with van der Waals surface area (Å²) in [5.41, 5.74) is 1.10. The molecule has 0 amide bonds. The SMILES string of the molecule is Cc1ccc(C#CCO)cc1S(=O)(=O)NCc1nn[nH]n1. The molecule has 0 bridgehead atoms. The molecular formula is C12H13N5O3S. The standard InChI is InChI=1S/C12H13N5O3S/c1-9-4-5-10(3-2-6-18)7-11(9)21(19,20)13-8-12-14-16-17-15-12/h4-5,7,13,18H,6,8H2,1H3,(H,14,15,16,17). The molecule has 0 aliphatic rings. The van der Waals surface area contributed by atoms with Gasteiger partial charge in [-0.3, -0.25) is 0 Å². The number of benzene rings is 1. The summed E-state index contributed by atoms with van der Waals surface area (Å²) in [4.78, 5) is 0.121. The molecule has 0 saturated heterocycles. The van der Waals surface area contributed by atoms with Crippen molar-refractivity contribution >= 4 is 10.0 Å². The number of rotatable bonds is 4. The number of hydrogen-bond acceptors (Lipinski definition) is 6. The Hall–Kier alpha value is -2.28. The van der Waals surface area contributed by atoms with Crippen LogP contribution in [0.5, 0.6) is 0 Å². The number of sulfonamides is 1. The summed E-state index contributed by atoms with van der Waals surface area (Å²) < 4.78 is 27.0. The summed E-state index contributed by atoms with van der Waals surface area (Å²) in [5.74, 6) is 5.39. The Kier molecular flexibility index (Phi) is 4.64. The predicted molar refractivity (Wildman–Crippen MR) is 73.3 cm³/mol. The van der Waals surface area contributed by atoms with Crippen LogP contribution >= 0.6 is 0 Å². The second-order valence-corrected chi connectivity index (χ2v) is 5.83. The number of nitrogens with zero attached hydrogens (tertiary/aromatic N) is 3. The lowest BCUT2D eigenvalue weighted by molar-refractivity contribution is 0.350. The van der Waals surface area contributed by atoms with E-state index in [1.807, 2.05) is 0 Å². The van der Waals surface area contributed by atoms with Crippen molar-refractivity contribution in [2.24, 2.45) is 0 Å². The quantitative estimate of drug-likeness (QED) is 0.644. The van der Waals surface area contributed by atoms with Crippen LogP contribution in [0, 0.1) is 18.8 Å². The van der Waals surface area contributed by atoms with Crippen molar-refractivity contribution in [1.82, 2.24) is 25.3 Å². The van der Waals surface area contributed by atoms with Crippen molar-refractivity contribution in [3.8, 4) is 11.8 Å². The summed E-state index contributed by atoms with van der Waals surface area (Å²) in [5, 5.41) is 21.6. The Balaban J connectivity index is 2.26. The van der Waals surface area contributed by atoms with Crippen molar-refractivity contribution in [3.05, 3.63) is 35.2 Å². The predicted octanol–water partition coefficient (Wildman–Crippen LogP) is -0.670. The van der Waals surface area contributed by atoms with Gasteiger partial charge in [-0.2, -0.15) is 5.21 Å². The lowest BCUT2D eigenvalue weighted by atomic mass is 10.1. The van der Waals surface area contributed by atoms with Crippen LogP contribution in [-0.2, 0) is 16.6 Å². The van der Waals surface area contributed by atoms with Gasteiger partial charge in [0.05, 0.1) is 11.4 Å². The maximum Gasteiger partial charge on any atom is 0.241 e. The molecule has 0 aliphatic heterocycles. The number of aryl methyl sites for hydroxylation is 1. The minimum absolute atomic E-state index is 0.0647. The Morgan fingerprint density at radius 1 is 1.43 bits per heavy atom. The molecule has 0 spiro atoms. The lowest BCUT2D eigenvalue weighted by Crippen LogP contribution is -2.24. The highest BCUT2D eigenvalue weighted by Gasteiger charge is 2.17. The zero-order chi connectivity index (χ0) is 15.3. The monoisotopic (exact) mass is 307 g/mol. The van der Waals surface area contributed by atoms with E-state index in [-0.39, 0.29) is 23.9 Å². The molecule has 0 radical (unpaired) electrons. The van der Waals surface area contributed by atoms with E-state index in [2.05, 4.69) is 37.2 Å². The highest BCUT2D eigenvalue weighted by molar-refractivity contribution is 7.89. The largest absolute Gasteiger partial charge is 0.384 e. The van der Waals surface area contributed by atoms with E-state index in [0.717, 1.165) is 0 Å². The first-order valence-electron chi connectivity index (χ1n) is 5.95. The van der Waals surface area contributed by atoms with Crippen LogP contribution in [0.15, 0.2) is 23.1 Å². The van der Waals surface area contributed by atoms with Crippen LogP contribution in [0.3, 0.4) is 0 Å². The van der Waals surface area contributed by atoms with Gasteiger partial charge in [0.15, 0.2) is 5.82 Å². The van der Waals surface area contributed by atoms with E-state index in [1.54, 1.807) is 19.1 Å². The molecule has 1 heterocycles. The van der Waals surface area contributed by atoms with Gasteiger partial charge >= 0.3 is 0 Å². The van der Waals surface area contributed by atoms with Crippen LogP contribution in [0.1, 0.15) is 17.0 Å². The van der Waals surface area contributed by atoms with Crippen LogP contribution < -0.4 is 4.72 Å². The van der Waals surface area contributed by atoms with Crippen molar-refractivity contribution < 1.29 is 13.5 Å². The van der Waals surface area contributed by atoms with Crippen molar-refractivity contribution in [1.29, 1.82) is 0 Å². The topological polar surface area (TPSA) is 121 Å². The summed E-state index contributed by atoms with van der Waals surface area (Å²) in [6, 6.07) is 4.80. The average Bonchev–Trinajstić information content (AvgIpc) is 2.97. The van der Waals surface area contributed by atoms with Gasteiger partial charge in [-0.25, -0.2) is 13.1 Å². The van der Waals surface area contributed by atoms with E-state index in [1.165, 1.54) is 6.07 Å². The van der Waals surface area contributed by atoms with E-state index in [0.29, 0.717) is 11.1 Å². The Bertz CT molecular complexity index is 775. The first-order valence-corrected chi connectivity index (χ1v) is 7.43. The van der Waals surface area contributed by atoms with E-state index in [4.69, 9.17) is 5.11 Å². The third-order valence-corrected chi connectivity index (χ3v) is 4.14. The molecule has 0 unspecified atom stereocenters. The highest BCUT2D eigenvalue weighted by atomic mass is 32.2. The number of aromatic nitrogens is 4. The fourth-order valence-corrected chi connectivity index (χ4v) is 2.85. The number of tetrazole rings is 1. The summed E-state index contributed by atoms with van der Waals surface area (Å²) in [7, 11) is -3.72. The molecule has 1 aromatic heterocycles. The zero-order valence-corrected chi connectivity index (χ0v) is 12.0. The molecule has 0 atom stereocenters. The number of H-pyrrole nitrogens is 1. The van der Waals surface area contributed by atoms with E-state index in [9.17, 15) is 8.42 Å². The summed E-state index contributed by atoms with van der Waals surface area (Å²) in [6.45, 7) is 1.34. The van der Waals surface area contributed by atoms with Crippen LogP contribution in [0.25, 0.3) is 0 Å². The number of aliphatic hydroxyl groups excluding tert-OH is 1. The smallest absolute Gasteiger partial charge is 0.241 e. The van der Waals surface area contributed by atoms with Crippen molar-refractivity contribution in [3.63, 3.8) is 0 Å². The Morgan fingerprint density at radius 2 is 2.24 bits per heavy atom. The minimum Gasteiger partial charge on any atom is -0.384 e. The van der Waals surface area contributed by atoms with Crippen molar-refractivity contribution in [2.45, 2.75) is 18.4 Å². The molecule has 0 saturated carbocycles. The molecule has 9 heteroatoms. The van der Waals surface area contributed by atoms with Gasteiger partial charge < -0.3 is 5.11 Å². The third-order valence-electron chi connectivity index (χ3n) is 2.60. The molecule has 8 nitrogen and oxygen atoms in total. The highest BCUT2D eigenvalue weighted by Crippen LogP contribution is 2.16. The molecule has 2 rings (SSSR count). The van der Waals surface area contributed by atoms with Gasteiger partial charge in [-0.15, -0.1) is 10.2 Å². The number of aromatic amines is 1. The van der Waals surface area contributed by atoms with Gasteiger partial charge in [0.25, 0.3) is 0 Å². The van der Waals surface area contributed by atoms with E-state index < -0.39 is 10.0 Å². The van der Waals surface area contributed by atoms with Gasteiger partial charge in [0, 0.05) is 5.56 Å². The lowest BCUT2D eigenvalue weighted by Gasteiger charge is -2.08. The fourth-order valence-electron chi connectivity index (χ4n) is 1.60. The molecule has 21 heavy (non-hydrogen) atoms.